The molecule has 2 heteroatoms. The third-order valence-electron chi connectivity index (χ3n) is 3.37. The van der Waals surface area contributed by atoms with Crippen molar-refractivity contribution >= 4 is 0 Å². The number of hydrogen-bond donors (Lipinski definition) is 1. The molecule has 0 saturated heterocycles. The lowest BCUT2D eigenvalue weighted by molar-refractivity contribution is 0.315. The highest BCUT2D eigenvalue weighted by atomic mass is 15.1. The second-order valence-electron chi connectivity index (χ2n) is 5.36. The topological polar surface area (TPSA) is 15.3 Å². The van der Waals surface area contributed by atoms with E-state index < -0.39 is 0 Å². The standard InChI is InChI=1S/C15H34N2/c1-5-7-9-11-15(3)16-12-14-17(4)13-10-8-6-2/h15-16H,5-14H2,1-4H3. The van der Waals surface area contributed by atoms with Crippen molar-refractivity contribution in [3.05, 3.63) is 0 Å². The molecule has 0 aliphatic heterocycles. The SMILES string of the molecule is CCCCCC(C)NCCN(C)CCCCC. The highest BCUT2D eigenvalue weighted by Crippen LogP contribution is 2.02. The van der Waals surface area contributed by atoms with E-state index in [-0.39, 0.29) is 0 Å². The zero-order chi connectivity index (χ0) is 12.9. The Balaban J connectivity index is 3.29. The van der Waals surface area contributed by atoms with Gasteiger partial charge in [-0.25, -0.2) is 0 Å². The quantitative estimate of drug-likeness (QED) is 0.525. The molecule has 0 aliphatic carbocycles. The van der Waals surface area contributed by atoms with E-state index in [2.05, 4.69) is 38.0 Å². The van der Waals surface area contributed by atoms with E-state index in [4.69, 9.17) is 0 Å². The van der Waals surface area contributed by atoms with Gasteiger partial charge in [-0.3, -0.25) is 0 Å². The van der Waals surface area contributed by atoms with Crippen LogP contribution in [0.2, 0.25) is 0 Å². The van der Waals surface area contributed by atoms with Crippen LogP contribution in [0.1, 0.15) is 65.7 Å². The molecular weight excluding hydrogens is 208 g/mol. The molecule has 0 bridgehead atoms. The van der Waals surface area contributed by atoms with Crippen molar-refractivity contribution in [2.24, 2.45) is 0 Å². The average Bonchev–Trinajstić information content (AvgIpc) is 2.30. The van der Waals surface area contributed by atoms with Crippen molar-refractivity contribution < 1.29 is 0 Å². The summed E-state index contributed by atoms with van der Waals surface area (Å²) >= 11 is 0. The van der Waals surface area contributed by atoms with Gasteiger partial charge in [-0.05, 0) is 33.4 Å². The van der Waals surface area contributed by atoms with Gasteiger partial charge in [0.1, 0.15) is 0 Å². The summed E-state index contributed by atoms with van der Waals surface area (Å²) in [7, 11) is 2.24. The van der Waals surface area contributed by atoms with Crippen LogP contribution in [0.4, 0.5) is 0 Å². The molecule has 0 rings (SSSR count). The highest BCUT2D eigenvalue weighted by Gasteiger charge is 2.02. The van der Waals surface area contributed by atoms with Gasteiger partial charge in [0.2, 0.25) is 0 Å². The summed E-state index contributed by atoms with van der Waals surface area (Å²) in [5.74, 6) is 0. The van der Waals surface area contributed by atoms with Gasteiger partial charge in [0.25, 0.3) is 0 Å². The van der Waals surface area contributed by atoms with Gasteiger partial charge < -0.3 is 10.2 Å². The summed E-state index contributed by atoms with van der Waals surface area (Å²) in [5.41, 5.74) is 0. The van der Waals surface area contributed by atoms with Crippen LogP contribution in [0.3, 0.4) is 0 Å². The molecule has 2 nitrogen and oxygen atoms in total. The Morgan fingerprint density at radius 2 is 1.59 bits per heavy atom. The molecule has 104 valence electrons. The summed E-state index contributed by atoms with van der Waals surface area (Å²) in [5, 5.41) is 3.62. The van der Waals surface area contributed by atoms with Crippen LogP contribution in [0.15, 0.2) is 0 Å². The second-order valence-corrected chi connectivity index (χ2v) is 5.36. The molecule has 0 fully saturated rings. The maximum Gasteiger partial charge on any atom is 0.0104 e. The molecule has 1 atom stereocenters. The lowest BCUT2D eigenvalue weighted by atomic mass is 10.1. The van der Waals surface area contributed by atoms with Crippen molar-refractivity contribution in [3.63, 3.8) is 0 Å². The Labute approximate surface area is 109 Å². The van der Waals surface area contributed by atoms with E-state index in [1.54, 1.807) is 0 Å². The van der Waals surface area contributed by atoms with Gasteiger partial charge in [0, 0.05) is 19.1 Å². The molecule has 0 saturated carbocycles. The first kappa shape index (κ1) is 16.9. The molecule has 0 aliphatic rings. The number of unbranched alkanes of at least 4 members (excludes halogenated alkanes) is 4. The summed E-state index contributed by atoms with van der Waals surface area (Å²) < 4.78 is 0. The Hall–Kier alpha value is -0.0800. The Morgan fingerprint density at radius 3 is 2.24 bits per heavy atom. The van der Waals surface area contributed by atoms with Crippen LogP contribution in [-0.4, -0.2) is 37.6 Å². The number of likely N-dealkylation sites (N-methyl/N-ethyl adjacent to an activating group) is 1. The third kappa shape index (κ3) is 12.2. The third-order valence-corrected chi connectivity index (χ3v) is 3.37. The molecule has 0 aromatic heterocycles. The maximum absolute atomic E-state index is 3.62. The molecular formula is C15H34N2. The van der Waals surface area contributed by atoms with Crippen molar-refractivity contribution in [3.8, 4) is 0 Å². The van der Waals surface area contributed by atoms with Crippen LogP contribution < -0.4 is 5.32 Å². The molecule has 1 N–H and O–H groups in total. The molecule has 17 heavy (non-hydrogen) atoms. The maximum atomic E-state index is 3.62. The largest absolute Gasteiger partial charge is 0.313 e. The summed E-state index contributed by atoms with van der Waals surface area (Å²) in [4.78, 5) is 2.45. The fourth-order valence-corrected chi connectivity index (χ4v) is 2.05. The molecule has 0 heterocycles. The van der Waals surface area contributed by atoms with Gasteiger partial charge in [0.05, 0.1) is 0 Å². The van der Waals surface area contributed by atoms with Crippen molar-refractivity contribution in [2.45, 2.75) is 71.8 Å². The van der Waals surface area contributed by atoms with Gasteiger partial charge in [-0.1, -0.05) is 46.0 Å². The minimum Gasteiger partial charge on any atom is -0.313 e. The Bertz CT molecular complexity index is 132. The fraction of sp³-hybridized carbons (Fsp3) is 1.00. The Morgan fingerprint density at radius 1 is 0.941 bits per heavy atom. The number of nitrogens with one attached hydrogen (secondary N) is 1. The average molecular weight is 242 g/mol. The number of rotatable bonds is 12. The van der Waals surface area contributed by atoms with Crippen LogP contribution in [0.25, 0.3) is 0 Å². The van der Waals surface area contributed by atoms with E-state index in [9.17, 15) is 0 Å². The summed E-state index contributed by atoms with van der Waals surface area (Å²) in [6, 6.07) is 0.686. The molecule has 0 aromatic carbocycles. The minimum atomic E-state index is 0.686. The zero-order valence-electron chi connectivity index (χ0n) is 12.6. The van der Waals surface area contributed by atoms with E-state index in [0.29, 0.717) is 6.04 Å². The van der Waals surface area contributed by atoms with Gasteiger partial charge in [-0.15, -0.1) is 0 Å². The molecule has 0 aromatic rings. The normalized spacial score (nSPS) is 13.2. The minimum absolute atomic E-state index is 0.686. The predicted octanol–water partition coefficient (Wildman–Crippen LogP) is 3.67. The van der Waals surface area contributed by atoms with Gasteiger partial charge in [0.15, 0.2) is 0 Å². The zero-order valence-corrected chi connectivity index (χ0v) is 12.6. The van der Waals surface area contributed by atoms with E-state index >= 15 is 0 Å². The summed E-state index contributed by atoms with van der Waals surface area (Å²) in [6.45, 7) is 10.4. The van der Waals surface area contributed by atoms with Crippen molar-refractivity contribution in [1.29, 1.82) is 0 Å². The van der Waals surface area contributed by atoms with Gasteiger partial charge >= 0.3 is 0 Å². The van der Waals surface area contributed by atoms with Crippen LogP contribution in [0.5, 0.6) is 0 Å². The first-order valence-electron chi connectivity index (χ1n) is 7.62. The van der Waals surface area contributed by atoms with Crippen molar-refractivity contribution in [1.82, 2.24) is 10.2 Å². The highest BCUT2D eigenvalue weighted by molar-refractivity contribution is 4.62. The monoisotopic (exact) mass is 242 g/mol. The van der Waals surface area contributed by atoms with Crippen LogP contribution in [-0.2, 0) is 0 Å². The van der Waals surface area contributed by atoms with Crippen molar-refractivity contribution in [2.75, 3.05) is 26.7 Å². The lowest BCUT2D eigenvalue weighted by Gasteiger charge is -2.19. The number of nitrogens with zero attached hydrogens (tertiary/aromatic N) is 1. The van der Waals surface area contributed by atoms with Gasteiger partial charge in [-0.2, -0.15) is 0 Å². The first-order valence-corrected chi connectivity index (χ1v) is 7.62. The number of hydrogen-bond acceptors (Lipinski definition) is 2. The Kier molecular flexibility index (Phi) is 12.3. The molecule has 0 radical (unpaired) electrons. The first-order chi connectivity index (χ1) is 8.20. The second kappa shape index (κ2) is 12.4. The fourth-order valence-electron chi connectivity index (χ4n) is 2.05. The summed E-state index contributed by atoms with van der Waals surface area (Å²) in [6.07, 6.45) is 9.44. The smallest absolute Gasteiger partial charge is 0.0104 e. The molecule has 0 spiro atoms. The predicted molar refractivity (Wildman–Crippen MR) is 78.6 cm³/mol. The molecule has 0 amide bonds. The lowest BCUT2D eigenvalue weighted by Crippen LogP contribution is -2.34. The molecule has 1 unspecified atom stereocenters. The van der Waals surface area contributed by atoms with E-state index in [1.165, 1.54) is 58.0 Å². The van der Waals surface area contributed by atoms with E-state index in [1.807, 2.05) is 0 Å². The van der Waals surface area contributed by atoms with E-state index in [0.717, 1.165) is 6.54 Å². The van der Waals surface area contributed by atoms with Crippen LogP contribution >= 0.6 is 0 Å². The van der Waals surface area contributed by atoms with Crippen LogP contribution in [0, 0.1) is 0 Å².